The zero-order valence-corrected chi connectivity index (χ0v) is 11.3. The van der Waals surface area contributed by atoms with Gasteiger partial charge in [0.05, 0.1) is 12.6 Å². The van der Waals surface area contributed by atoms with E-state index in [4.69, 9.17) is 0 Å². The van der Waals surface area contributed by atoms with Crippen molar-refractivity contribution in [1.29, 1.82) is 0 Å². The van der Waals surface area contributed by atoms with Gasteiger partial charge in [-0.2, -0.15) is 16.9 Å². The minimum Gasteiger partial charge on any atom is -0.394 e. The van der Waals surface area contributed by atoms with Crippen LogP contribution in [0, 0.1) is 0 Å². The zero-order chi connectivity index (χ0) is 13.0. The van der Waals surface area contributed by atoms with Crippen LogP contribution in [0.15, 0.2) is 0 Å². The molecule has 0 saturated carbocycles. The van der Waals surface area contributed by atoms with E-state index in [1.54, 1.807) is 11.8 Å². The highest BCUT2D eigenvalue weighted by atomic mass is 32.2. The van der Waals surface area contributed by atoms with Gasteiger partial charge >= 0.3 is 0 Å². The van der Waals surface area contributed by atoms with Gasteiger partial charge in [-0.1, -0.05) is 0 Å². The molecule has 2 rings (SSSR count). The normalized spacial score (nSPS) is 15.4. The third kappa shape index (κ3) is 2.87. The van der Waals surface area contributed by atoms with Gasteiger partial charge in [0, 0.05) is 11.3 Å². The molecule has 1 atom stereocenters. The summed E-state index contributed by atoms with van der Waals surface area (Å²) in [6, 6.07) is -0.182. The van der Waals surface area contributed by atoms with E-state index in [1.807, 2.05) is 6.26 Å². The fourth-order valence-corrected chi connectivity index (χ4v) is 2.75. The van der Waals surface area contributed by atoms with Crippen molar-refractivity contribution >= 4 is 17.7 Å². The summed E-state index contributed by atoms with van der Waals surface area (Å²) in [7, 11) is 0. The molecule has 1 heterocycles. The lowest BCUT2D eigenvalue weighted by Gasteiger charge is -2.15. The number of hydrogen-bond donors (Lipinski definition) is 3. The number of hydrogen-bond acceptors (Lipinski definition) is 4. The third-order valence-electron chi connectivity index (χ3n) is 3.25. The van der Waals surface area contributed by atoms with Gasteiger partial charge in [0.25, 0.3) is 5.91 Å². The van der Waals surface area contributed by atoms with E-state index >= 15 is 0 Å². The summed E-state index contributed by atoms with van der Waals surface area (Å²) in [6.07, 6.45) is 5.77. The SMILES string of the molecule is CSCCC(CO)NC(=O)c1n[nH]c2c1CCC2. The number of amides is 1. The predicted octanol–water partition coefficient (Wildman–Crippen LogP) is 0.742. The maximum absolute atomic E-state index is 12.1. The largest absolute Gasteiger partial charge is 0.394 e. The molecular formula is C12H19N3O2S. The number of fused-ring (bicyclic) bond motifs is 1. The van der Waals surface area contributed by atoms with Gasteiger partial charge in [-0.3, -0.25) is 9.89 Å². The average Bonchev–Trinajstić information content (AvgIpc) is 2.96. The molecular weight excluding hydrogens is 250 g/mol. The summed E-state index contributed by atoms with van der Waals surface area (Å²) >= 11 is 1.71. The van der Waals surface area contributed by atoms with Gasteiger partial charge in [-0.15, -0.1) is 0 Å². The molecule has 1 aliphatic carbocycles. The van der Waals surface area contributed by atoms with Crippen LogP contribution in [-0.2, 0) is 12.8 Å². The molecule has 6 heteroatoms. The number of thioether (sulfide) groups is 1. The number of nitrogens with one attached hydrogen (secondary N) is 2. The van der Waals surface area contributed by atoms with Gasteiger partial charge in [-0.05, 0) is 37.7 Å². The van der Waals surface area contributed by atoms with Crippen LogP contribution in [0.25, 0.3) is 0 Å². The number of carbonyl (C=O) groups is 1. The van der Waals surface area contributed by atoms with E-state index < -0.39 is 0 Å². The number of rotatable bonds is 6. The molecule has 1 amide bonds. The number of aryl methyl sites for hydroxylation is 1. The molecule has 1 aliphatic rings. The van der Waals surface area contributed by atoms with Gasteiger partial charge in [0.15, 0.2) is 5.69 Å². The van der Waals surface area contributed by atoms with E-state index in [9.17, 15) is 9.90 Å². The van der Waals surface area contributed by atoms with Crippen molar-refractivity contribution in [2.45, 2.75) is 31.7 Å². The molecule has 1 unspecified atom stereocenters. The summed E-state index contributed by atoms with van der Waals surface area (Å²) in [4.78, 5) is 12.1. The Hall–Kier alpha value is -1.01. The van der Waals surface area contributed by atoms with Gasteiger partial charge in [0.1, 0.15) is 0 Å². The predicted molar refractivity (Wildman–Crippen MR) is 72.0 cm³/mol. The average molecular weight is 269 g/mol. The third-order valence-corrected chi connectivity index (χ3v) is 3.89. The van der Waals surface area contributed by atoms with Crippen molar-refractivity contribution in [3.8, 4) is 0 Å². The van der Waals surface area contributed by atoms with Crippen LogP contribution in [0.4, 0.5) is 0 Å². The Morgan fingerprint density at radius 3 is 3.17 bits per heavy atom. The Balaban J connectivity index is 1.98. The fraction of sp³-hybridized carbons (Fsp3) is 0.667. The molecule has 0 bridgehead atoms. The van der Waals surface area contributed by atoms with Gasteiger partial charge in [-0.25, -0.2) is 0 Å². The van der Waals surface area contributed by atoms with Crippen LogP contribution in [0.3, 0.4) is 0 Å². The molecule has 1 aromatic rings. The first kappa shape index (κ1) is 13.4. The van der Waals surface area contributed by atoms with Crippen molar-refractivity contribution < 1.29 is 9.90 Å². The molecule has 0 saturated heterocycles. The Morgan fingerprint density at radius 1 is 1.61 bits per heavy atom. The maximum Gasteiger partial charge on any atom is 0.272 e. The monoisotopic (exact) mass is 269 g/mol. The number of aliphatic hydroxyl groups is 1. The zero-order valence-electron chi connectivity index (χ0n) is 10.5. The van der Waals surface area contributed by atoms with Crippen molar-refractivity contribution in [3.63, 3.8) is 0 Å². The fourth-order valence-electron chi connectivity index (χ4n) is 2.23. The number of nitrogens with zero attached hydrogens (tertiary/aromatic N) is 1. The molecule has 18 heavy (non-hydrogen) atoms. The first-order valence-corrected chi connectivity index (χ1v) is 7.62. The number of aliphatic hydroxyl groups excluding tert-OH is 1. The molecule has 3 N–H and O–H groups in total. The lowest BCUT2D eigenvalue weighted by Crippen LogP contribution is -2.38. The molecule has 5 nitrogen and oxygen atoms in total. The van der Waals surface area contributed by atoms with E-state index in [0.29, 0.717) is 5.69 Å². The van der Waals surface area contributed by atoms with E-state index in [2.05, 4.69) is 15.5 Å². The second kappa shape index (κ2) is 6.24. The lowest BCUT2D eigenvalue weighted by atomic mass is 10.1. The second-order valence-electron chi connectivity index (χ2n) is 4.52. The first-order chi connectivity index (χ1) is 8.76. The van der Waals surface area contributed by atoms with Crippen molar-refractivity contribution in [1.82, 2.24) is 15.5 Å². The first-order valence-electron chi connectivity index (χ1n) is 6.23. The molecule has 1 aromatic heterocycles. The van der Waals surface area contributed by atoms with Crippen LogP contribution >= 0.6 is 11.8 Å². The Bertz CT molecular complexity index is 419. The van der Waals surface area contributed by atoms with Crippen LogP contribution in [0.5, 0.6) is 0 Å². The molecule has 0 radical (unpaired) electrons. The Labute approximate surface area is 111 Å². The van der Waals surface area contributed by atoms with E-state index in [0.717, 1.165) is 42.7 Å². The standard InChI is InChI=1S/C12H19N3O2S/c1-18-6-5-8(7-16)13-12(17)11-9-3-2-4-10(9)14-15-11/h8,16H,2-7H2,1H3,(H,13,17)(H,14,15). The topological polar surface area (TPSA) is 78.0 Å². The van der Waals surface area contributed by atoms with Gasteiger partial charge < -0.3 is 10.4 Å². The van der Waals surface area contributed by atoms with E-state index in [-0.39, 0.29) is 18.6 Å². The molecule has 0 spiro atoms. The summed E-state index contributed by atoms with van der Waals surface area (Å²) < 4.78 is 0. The highest BCUT2D eigenvalue weighted by Crippen LogP contribution is 2.22. The van der Waals surface area contributed by atoms with E-state index in [1.165, 1.54) is 0 Å². The van der Waals surface area contributed by atoms with Crippen LogP contribution in [0.2, 0.25) is 0 Å². The summed E-state index contributed by atoms with van der Waals surface area (Å²) in [5, 5.41) is 19.1. The van der Waals surface area contributed by atoms with Crippen molar-refractivity contribution in [2.24, 2.45) is 0 Å². The molecule has 0 fully saturated rings. The second-order valence-corrected chi connectivity index (χ2v) is 5.50. The summed E-state index contributed by atoms with van der Waals surface area (Å²) in [6.45, 7) is -0.0289. The summed E-state index contributed by atoms with van der Waals surface area (Å²) in [5.74, 6) is 0.749. The molecule has 0 aromatic carbocycles. The lowest BCUT2D eigenvalue weighted by molar-refractivity contribution is 0.0909. The van der Waals surface area contributed by atoms with Crippen LogP contribution in [-0.4, -0.2) is 45.9 Å². The Kier molecular flexibility index (Phi) is 4.66. The van der Waals surface area contributed by atoms with Crippen molar-refractivity contribution in [3.05, 3.63) is 17.0 Å². The van der Waals surface area contributed by atoms with Crippen LogP contribution in [0.1, 0.15) is 34.6 Å². The smallest absolute Gasteiger partial charge is 0.272 e. The number of H-pyrrole nitrogens is 1. The molecule has 0 aliphatic heterocycles. The summed E-state index contributed by atoms with van der Waals surface area (Å²) in [5.41, 5.74) is 2.64. The van der Waals surface area contributed by atoms with Gasteiger partial charge in [0.2, 0.25) is 0 Å². The maximum atomic E-state index is 12.1. The minimum atomic E-state index is -0.182. The highest BCUT2D eigenvalue weighted by Gasteiger charge is 2.24. The Morgan fingerprint density at radius 2 is 2.44 bits per heavy atom. The molecule has 100 valence electrons. The minimum absolute atomic E-state index is 0.0289. The highest BCUT2D eigenvalue weighted by molar-refractivity contribution is 7.98. The quantitative estimate of drug-likeness (QED) is 0.712. The van der Waals surface area contributed by atoms with Crippen LogP contribution < -0.4 is 5.32 Å². The number of aromatic amines is 1. The number of aromatic nitrogens is 2. The van der Waals surface area contributed by atoms with Crippen molar-refractivity contribution in [2.75, 3.05) is 18.6 Å². The number of carbonyl (C=O) groups excluding carboxylic acids is 1.